The largest absolute Gasteiger partial charge is 0.478 e. The van der Waals surface area contributed by atoms with E-state index >= 15 is 0 Å². The van der Waals surface area contributed by atoms with Gasteiger partial charge in [0.15, 0.2) is 0 Å². The second-order valence-corrected chi connectivity index (χ2v) is 5.27. The summed E-state index contributed by atoms with van der Waals surface area (Å²) in [5.41, 5.74) is 0.401. The molecule has 0 unspecified atom stereocenters. The van der Waals surface area contributed by atoms with E-state index in [2.05, 4.69) is 5.32 Å². The predicted molar refractivity (Wildman–Crippen MR) is 77.5 cm³/mol. The van der Waals surface area contributed by atoms with E-state index in [1.807, 2.05) is 22.6 Å². The summed E-state index contributed by atoms with van der Waals surface area (Å²) >= 11 is 2.03. The van der Waals surface area contributed by atoms with Gasteiger partial charge in [-0.2, -0.15) is 0 Å². The fourth-order valence-electron chi connectivity index (χ4n) is 1.76. The Morgan fingerprint density at radius 1 is 1.32 bits per heavy atom. The highest BCUT2D eigenvalue weighted by Gasteiger charge is 2.19. The van der Waals surface area contributed by atoms with E-state index in [1.165, 1.54) is 6.07 Å². The highest BCUT2D eigenvalue weighted by Crippen LogP contribution is 2.19. The Bertz CT molecular complexity index is 501. The van der Waals surface area contributed by atoms with Crippen LogP contribution in [-0.4, -0.2) is 48.3 Å². The molecule has 1 aliphatic rings. The minimum absolute atomic E-state index is 0.0912. The second kappa shape index (κ2) is 6.20. The highest BCUT2D eigenvalue weighted by molar-refractivity contribution is 14.1. The van der Waals surface area contributed by atoms with Gasteiger partial charge in [0.05, 0.1) is 24.5 Å². The first-order valence-electron chi connectivity index (χ1n) is 5.74. The van der Waals surface area contributed by atoms with Crippen molar-refractivity contribution < 1.29 is 19.4 Å². The number of nitrogens with one attached hydrogen (secondary N) is 1. The van der Waals surface area contributed by atoms with E-state index in [-0.39, 0.29) is 11.6 Å². The van der Waals surface area contributed by atoms with Crippen molar-refractivity contribution in [3.05, 3.63) is 27.3 Å². The van der Waals surface area contributed by atoms with Crippen molar-refractivity contribution in [3.8, 4) is 0 Å². The van der Waals surface area contributed by atoms with E-state index in [0.717, 1.165) is 3.57 Å². The van der Waals surface area contributed by atoms with Crippen LogP contribution in [0.1, 0.15) is 10.4 Å². The Hall–Kier alpha value is -1.35. The number of urea groups is 1. The molecule has 1 heterocycles. The molecule has 0 bridgehead atoms. The number of morpholine rings is 1. The summed E-state index contributed by atoms with van der Waals surface area (Å²) in [5.74, 6) is -1.06. The van der Waals surface area contributed by atoms with Gasteiger partial charge in [-0.05, 0) is 40.8 Å². The van der Waals surface area contributed by atoms with Gasteiger partial charge in [-0.1, -0.05) is 0 Å². The van der Waals surface area contributed by atoms with Crippen molar-refractivity contribution in [2.45, 2.75) is 0 Å². The average Bonchev–Trinajstić information content (AvgIpc) is 2.41. The van der Waals surface area contributed by atoms with Crippen LogP contribution in [0.25, 0.3) is 0 Å². The van der Waals surface area contributed by atoms with E-state index in [0.29, 0.717) is 32.0 Å². The minimum atomic E-state index is -1.06. The quantitative estimate of drug-likeness (QED) is 0.773. The molecule has 19 heavy (non-hydrogen) atoms. The smallest absolute Gasteiger partial charge is 0.337 e. The highest BCUT2D eigenvalue weighted by atomic mass is 127. The molecule has 2 amide bonds. The molecule has 7 heteroatoms. The van der Waals surface area contributed by atoms with Crippen LogP contribution in [0.4, 0.5) is 10.5 Å². The summed E-state index contributed by atoms with van der Waals surface area (Å²) in [6.07, 6.45) is 0. The Kier molecular flexibility index (Phi) is 4.59. The number of amides is 2. The van der Waals surface area contributed by atoms with Crippen LogP contribution in [-0.2, 0) is 4.74 Å². The average molecular weight is 376 g/mol. The SMILES string of the molecule is O=C(O)c1cc(I)ccc1NC(=O)N1CCOCC1. The topological polar surface area (TPSA) is 78.9 Å². The van der Waals surface area contributed by atoms with Crippen LogP contribution in [0.5, 0.6) is 0 Å². The number of rotatable bonds is 2. The lowest BCUT2D eigenvalue weighted by Gasteiger charge is -2.27. The Labute approximate surface area is 123 Å². The van der Waals surface area contributed by atoms with E-state index in [1.54, 1.807) is 17.0 Å². The van der Waals surface area contributed by atoms with Crippen molar-refractivity contribution in [2.24, 2.45) is 0 Å². The Morgan fingerprint density at radius 3 is 2.63 bits per heavy atom. The van der Waals surface area contributed by atoms with E-state index < -0.39 is 5.97 Å². The number of carbonyl (C=O) groups excluding carboxylic acids is 1. The molecule has 0 spiro atoms. The Morgan fingerprint density at radius 2 is 2.00 bits per heavy atom. The monoisotopic (exact) mass is 376 g/mol. The van der Waals surface area contributed by atoms with Crippen LogP contribution < -0.4 is 5.32 Å². The molecule has 0 aromatic heterocycles. The zero-order chi connectivity index (χ0) is 13.8. The maximum Gasteiger partial charge on any atom is 0.337 e. The maximum absolute atomic E-state index is 12.0. The maximum atomic E-state index is 12.0. The van der Waals surface area contributed by atoms with Crippen LogP contribution in [0.2, 0.25) is 0 Å². The van der Waals surface area contributed by atoms with Gasteiger partial charge in [0.1, 0.15) is 0 Å². The number of carbonyl (C=O) groups is 2. The van der Waals surface area contributed by atoms with Crippen LogP contribution in [0.3, 0.4) is 0 Å². The first-order chi connectivity index (χ1) is 9.08. The number of nitrogens with zero attached hydrogens (tertiary/aromatic N) is 1. The number of halogens is 1. The van der Waals surface area contributed by atoms with Gasteiger partial charge in [0.25, 0.3) is 0 Å². The molecule has 1 saturated heterocycles. The lowest BCUT2D eigenvalue weighted by molar-refractivity contribution is 0.0564. The third-order valence-corrected chi connectivity index (χ3v) is 3.42. The molecule has 1 fully saturated rings. The number of hydrogen-bond acceptors (Lipinski definition) is 3. The molecule has 0 radical (unpaired) electrons. The molecular formula is C12H13IN2O4. The third kappa shape index (κ3) is 3.57. The number of carboxylic acids is 1. The van der Waals surface area contributed by atoms with Crippen LogP contribution in [0.15, 0.2) is 18.2 Å². The van der Waals surface area contributed by atoms with Crippen molar-refractivity contribution in [3.63, 3.8) is 0 Å². The van der Waals surface area contributed by atoms with Crippen molar-refractivity contribution in [1.82, 2.24) is 4.90 Å². The van der Waals surface area contributed by atoms with Gasteiger partial charge in [0.2, 0.25) is 0 Å². The van der Waals surface area contributed by atoms with E-state index in [4.69, 9.17) is 9.84 Å². The molecular weight excluding hydrogens is 363 g/mol. The molecule has 1 aromatic rings. The summed E-state index contributed by atoms with van der Waals surface area (Å²) in [6.45, 7) is 2.04. The molecule has 1 aliphatic heterocycles. The molecule has 0 aliphatic carbocycles. The lowest BCUT2D eigenvalue weighted by Crippen LogP contribution is -2.43. The molecule has 1 aromatic carbocycles. The Balaban J connectivity index is 2.13. The fourth-order valence-corrected chi connectivity index (χ4v) is 2.25. The third-order valence-electron chi connectivity index (χ3n) is 2.75. The standard InChI is InChI=1S/C12H13IN2O4/c13-8-1-2-10(9(7-8)11(16)17)14-12(18)15-3-5-19-6-4-15/h1-2,7H,3-6H2,(H,14,18)(H,16,17). The van der Waals surface area contributed by atoms with Gasteiger partial charge < -0.3 is 20.1 Å². The summed E-state index contributed by atoms with van der Waals surface area (Å²) in [7, 11) is 0. The molecule has 102 valence electrons. The van der Waals surface area contributed by atoms with Crippen LogP contribution >= 0.6 is 22.6 Å². The first-order valence-corrected chi connectivity index (χ1v) is 6.82. The normalized spacial score (nSPS) is 15.1. The van der Waals surface area contributed by atoms with Crippen molar-refractivity contribution in [1.29, 1.82) is 0 Å². The lowest BCUT2D eigenvalue weighted by atomic mass is 10.2. The minimum Gasteiger partial charge on any atom is -0.478 e. The summed E-state index contributed by atoms with van der Waals surface area (Å²) in [5, 5.41) is 11.8. The number of aromatic carboxylic acids is 1. The van der Waals surface area contributed by atoms with Gasteiger partial charge in [-0.25, -0.2) is 9.59 Å². The zero-order valence-corrected chi connectivity index (χ0v) is 12.2. The van der Waals surface area contributed by atoms with Crippen molar-refractivity contribution in [2.75, 3.05) is 31.6 Å². The molecule has 0 saturated carbocycles. The number of carboxylic acid groups (broad SMARTS) is 1. The fraction of sp³-hybridized carbons (Fsp3) is 0.333. The van der Waals surface area contributed by atoms with Crippen LogP contribution in [0, 0.1) is 3.57 Å². The predicted octanol–water partition coefficient (Wildman–Crippen LogP) is 1.85. The summed E-state index contributed by atoms with van der Waals surface area (Å²) in [4.78, 5) is 24.7. The summed E-state index contributed by atoms with van der Waals surface area (Å²) in [6, 6.07) is 4.58. The summed E-state index contributed by atoms with van der Waals surface area (Å²) < 4.78 is 5.97. The molecule has 0 atom stereocenters. The van der Waals surface area contributed by atoms with Gasteiger partial charge in [0, 0.05) is 16.7 Å². The number of benzene rings is 1. The van der Waals surface area contributed by atoms with Crippen molar-refractivity contribution >= 4 is 40.3 Å². The molecule has 6 nitrogen and oxygen atoms in total. The molecule has 2 N–H and O–H groups in total. The van der Waals surface area contributed by atoms with Gasteiger partial charge in [-0.15, -0.1) is 0 Å². The number of anilines is 1. The van der Waals surface area contributed by atoms with Gasteiger partial charge in [-0.3, -0.25) is 0 Å². The number of ether oxygens (including phenoxy) is 1. The van der Waals surface area contributed by atoms with Gasteiger partial charge >= 0.3 is 12.0 Å². The zero-order valence-electron chi connectivity index (χ0n) is 10.1. The number of hydrogen-bond donors (Lipinski definition) is 2. The second-order valence-electron chi connectivity index (χ2n) is 4.02. The molecule has 2 rings (SSSR count). The van der Waals surface area contributed by atoms with E-state index in [9.17, 15) is 9.59 Å². The first kappa shape index (κ1) is 14.1.